The minimum Gasteiger partial charge on any atom is -0.359 e. The largest absolute Gasteiger partial charge is 0.359 e. The van der Waals surface area contributed by atoms with E-state index in [1.807, 2.05) is 0 Å². The molecule has 0 aliphatic rings. The molecule has 0 N–H and O–H groups in total. The molecule has 0 atom stereocenters. The quantitative estimate of drug-likeness (QED) is 0.391. The Morgan fingerprint density at radius 3 is 2.57 bits per heavy atom. The second-order valence-electron chi connectivity index (χ2n) is 1.31. The Morgan fingerprint density at radius 2 is 2.14 bits per heavy atom. The van der Waals surface area contributed by atoms with E-state index in [0.29, 0.717) is 6.79 Å². The van der Waals surface area contributed by atoms with E-state index in [4.69, 9.17) is 4.74 Å². The summed E-state index contributed by atoms with van der Waals surface area (Å²) in [5, 5.41) is 0. The highest BCUT2D eigenvalue weighted by atomic mass is 16.7. The zero-order chi connectivity index (χ0) is 5.54. The second kappa shape index (κ2) is 5.92. The van der Waals surface area contributed by atoms with Gasteiger partial charge in [0.25, 0.3) is 0 Å². The molecule has 0 aromatic rings. The van der Waals surface area contributed by atoms with Gasteiger partial charge in [0.2, 0.25) is 0 Å². The van der Waals surface area contributed by atoms with Gasteiger partial charge in [0.1, 0.15) is 6.79 Å². The maximum absolute atomic E-state index is 4.91. The Labute approximate surface area is 44.4 Å². The highest BCUT2D eigenvalue weighted by Crippen LogP contribution is 1.77. The van der Waals surface area contributed by atoms with Gasteiger partial charge in [-0.25, -0.2) is 0 Å². The fourth-order valence-corrected chi connectivity index (χ4v) is 0.287. The molecule has 0 bridgehead atoms. The molecule has 7 heavy (non-hydrogen) atoms. The Morgan fingerprint density at radius 1 is 1.43 bits per heavy atom. The maximum atomic E-state index is 4.91. The molecule has 2 nitrogen and oxygen atoms in total. The van der Waals surface area contributed by atoms with Crippen molar-refractivity contribution in [3.05, 3.63) is 0 Å². The first kappa shape index (κ1) is 6.92. The third kappa shape index (κ3) is 5.92. The van der Waals surface area contributed by atoms with E-state index in [9.17, 15) is 0 Å². The van der Waals surface area contributed by atoms with Crippen LogP contribution in [0.25, 0.3) is 0 Å². The van der Waals surface area contributed by atoms with Gasteiger partial charge >= 0.3 is 0 Å². The summed E-state index contributed by atoms with van der Waals surface area (Å²) in [4.78, 5) is 0. The van der Waals surface area contributed by atoms with Gasteiger partial charge in [-0.15, -0.1) is 0 Å². The van der Waals surface area contributed by atoms with Crippen LogP contribution in [0.5, 0.6) is 0 Å². The van der Waals surface area contributed by atoms with Crippen molar-refractivity contribution >= 4 is 0 Å². The number of hydrogen-bond donors (Lipinski definition) is 0. The van der Waals surface area contributed by atoms with E-state index in [1.165, 1.54) is 0 Å². The van der Waals surface area contributed by atoms with Crippen LogP contribution in [0.4, 0.5) is 0 Å². The lowest BCUT2D eigenvalue weighted by Gasteiger charge is -1.96. The fraction of sp³-hybridized carbons (Fsp3) is 1.00. The molecule has 0 radical (unpaired) electrons. The zero-order valence-electron chi connectivity index (χ0n) is 4.94. The van der Waals surface area contributed by atoms with Crippen molar-refractivity contribution in [1.82, 2.24) is 0 Å². The standard InChI is InChI=1S/C5H12O2/c1-3-4-7-5-6-2/h3-5H2,1-2H3. The topological polar surface area (TPSA) is 18.5 Å². The minimum absolute atomic E-state index is 0.424. The average Bonchev–Trinajstić information content (AvgIpc) is 1.69. The molecular formula is C5H12O2. The lowest BCUT2D eigenvalue weighted by atomic mass is 10.5. The summed E-state index contributed by atoms with van der Waals surface area (Å²) in [6.07, 6.45) is 1.06. The summed E-state index contributed by atoms with van der Waals surface area (Å²) in [6.45, 7) is 3.29. The Hall–Kier alpha value is -0.0800. The summed E-state index contributed by atoms with van der Waals surface area (Å²) < 4.78 is 9.53. The minimum atomic E-state index is 0.424. The normalized spacial score (nSPS) is 9.43. The molecular weight excluding hydrogens is 92.1 g/mol. The van der Waals surface area contributed by atoms with E-state index in [1.54, 1.807) is 7.11 Å². The average molecular weight is 104 g/mol. The molecule has 0 saturated carbocycles. The highest BCUT2D eigenvalue weighted by Gasteiger charge is 1.77. The second-order valence-corrected chi connectivity index (χ2v) is 1.31. The van der Waals surface area contributed by atoms with Crippen molar-refractivity contribution in [2.45, 2.75) is 13.3 Å². The molecule has 0 heterocycles. The monoisotopic (exact) mass is 104 g/mol. The van der Waals surface area contributed by atoms with Crippen molar-refractivity contribution < 1.29 is 9.47 Å². The summed E-state index contributed by atoms with van der Waals surface area (Å²) in [5.74, 6) is 0. The summed E-state index contributed by atoms with van der Waals surface area (Å²) >= 11 is 0. The molecule has 0 unspecified atom stereocenters. The van der Waals surface area contributed by atoms with Crippen LogP contribution in [0.1, 0.15) is 13.3 Å². The third-order valence-electron chi connectivity index (χ3n) is 0.550. The first-order valence-corrected chi connectivity index (χ1v) is 2.48. The van der Waals surface area contributed by atoms with E-state index in [-0.39, 0.29) is 0 Å². The molecule has 0 aliphatic heterocycles. The molecule has 0 saturated heterocycles. The van der Waals surface area contributed by atoms with Crippen LogP contribution in [0.2, 0.25) is 0 Å². The summed E-state index contributed by atoms with van der Waals surface area (Å²) in [5.41, 5.74) is 0. The van der Waals surface area contributed by atoms with E-state index < -0.39 is 0 Å². The van der Waals surface area contributed by atoms with Crippen LogP contribution in [-0.4, -0.2) is 20.5 Å². The van der Waals surface area contributed by atoms with Gasteiger partial charge in [0, 0.05) is 13.7 Å². The van der Waals surface area contributed by atoms with Gasteiger partial charge < -0.3 is 9.47 Å². The maximum Gasteiger partial charge on any atom is 0.146 e. The molecule has 0 aliphatic carbocycles. The SMILES string of the molecule is CCCOCOC. The zero-order valence-corrected chi connectivity index (χ0v) is 4.94. The van der Waals surface area contributed by atoms with Crippen LogP contribution in [0.15, 0.2) is 0 Å². The Kier molecular flexibility index (Phi) is 5.85. The van der Waals surface area contributed by atoms with Crippen LogP contribution >= 0.6 is 0 Å². The van der Waals surface area contributed by atoms with Gasteiger partial charge in [-0.1, -0.05) is 6.92 Å². The summed E-state index contributed by atoms with van der Waals surface area (Å²) in [7, 11) is 1.62. The Balaban J connectivity index is 2.45. The molecule has 0 fully saturated rings. The van der Waals surface area contributed by atoms with Crippen molar-refractivity contribution in [3.63, 3.8) is 0 Å². The molecule has 0 amide bonds. The van der Waals surface area contributed by atoms with Crippen molar-refractivity contribution in [2.75, 3.05) is 20.5 Å². The molecule has 44 valence electrons. The van der Waals surface area contributed by atoms with Gasteiger partial charge in [0.05, 0.1) is 0 Å². The highest BCUT2D eigenvalue weighted by molar-refractivity contribution is 4.17. The molecule has 0 rings (SSSR count). The third-order valence-corrected chi connectivity index (χ3v) is 0.550. The molecule has 2 heteroatoms. The number of rotatable bonds is 4. The van der Waals surface area contributed by atoms with E-state index in [2.05, 4.69) is 11.7 Å². The number of ether oxygens (including phenoxy) is 2. The van der Waals surface area contributed by atoms with Gasteiger partial charge in [-0.05, 0) is 6.42 Å². The van der Waals surface area contributed by atoms with Gasteiger partial charge in [-0.2, -0.15) is 0 Å². The van der Waals surface area contributed by atoms with Crippen LogP contribution in [-0.2, 0) is 9.47 Å². The molecule has 0 aromatic carbocycles. The predicted molar refractivity (Wildman–Crippen MR) is 28.1 cm³/mol. The van der Waals surface area contributed by atoms with Gasteiger partial charge in [0.15, 0.2) is 0 Å². The first-order valence-electron chi connectivity index (χ1n) is 2.48. The fourth-order valence-electron chi connectivity index (χ4n) is 0.287. The lowest BCUT2D eigenvalue weighted by Crippen LogP contribution is -1.95. The summed E-state index contributed by atoms with van der Waals surface area (Å²) in [6, 6.07) is 0. The number of methoxy groups -OCH3 is 1. The predicted octanol–water partition coefficient (Wildman–Crippen LogP) is 1.02. The lowest BCUT2D eigenvalue weighted by molar-refractivity contribution is -0.0300. The first-order chi connectivity index (χ1) is 3.41. The van der Waals surface area contributed by atoms with Gasteiger partial charge in [-0.3, -0.25) is 0 Å². The number of hydrogen-bond acceptors (Lipinski definition) is 2. The molecule has 0 spiro atoms. The van der Waals surface area contributed by atoms with Crippen molar-refractivity contribution in [1.29, 1.82) is 0 Å². The van der Waals surface area contributed by atoms with Crippen molar-refractivity contribution in [3.8, 4) is 0 Å². The van der Waals surface area contributed by atoms with E-state index in [0.717, 1.165) is 13.0 Å². The molecule has 0 aromatic heterocycles. The Bertz CT molecular complexity index is 25.3. The van der Waals surface area contributed by atoms with Crippen LogP contribution in [0, 0.1) is 0 Å². The smallest absolute Gasteiger partial charge is 0.146 e. The van der Waals surface area contributed by atoms with Crippen LogP contribution < -0.4 is 0 Å². The van der Waals surface area contributed by atoms with Crippen LogP contribution in [0.3, 0.4) is 0 Å². The van der Waals surface area contributed by atoms with Crippen molar-refractivity contribution in [2.24, 2.45) is 0 Å². The van der Waals surface area contributed by atoms with E-state index >= 15 is 0 Å².